The third kappa shape index (κ3) is 3.55. The van der Waals surface area contributed by atoms with Crippen LogP contribution in [0.5, 0.6) is 0 Å². The van der Waals surface area contributed by atoms with E-state index in [1.54, 1.807) is 12.3 Å². The predicted molar refractivity (Wildman–Crippen MR) is 77.5 cm³/mol. The SMILES string of the molecule is CCNc1ccnc(C(=O)Nc2cccc(C)c2)c1. The first-order chi connectivity index (χ1) is 9.19. The summed E-state index contributed by atoms with van der Waals surface area (Å²) >= 11 is 0. The van der Waals surface area contributed by atoms with Crippen molar-refractivity contribution in [3.05, 3.63) is 53.9 Å². The molecule has 1 aromatic carbocycles. The Bertz CT molecular complexity index is 581. The molecule has 1 amide bonds. The molecule has 0 spiro atoms. The zero-order valence-electron chi connectivity index (χ0n) is 11.1. The molecular formula is C15H17N3O. The van der Waals surface area contributed by atoms with E-state index >= 15 is 0 Å². The molecule has 0 unspecified atom stereocenters. The lowest BCUT2D eigenvalue weighted by molar-refractivity contribution is 0.102. The van der Waals surface area contributed by atoms with Gasteiger partial charge in [0.25, 0.3) is 5.91 Å². The van der Waals surface area contributed by atoms with Crippen LogP contribution in [0, 0.1) is 6.92 Å². The first-order valence-corrected chi connectivity index (χ1v) is 6.27. The van der Waals surface area contributed by atoms with Crippen molar-refractivity contribution in [2.45, 2.75) is 13.8 Å². The van der Waals surface area contributed by atoms with E-state index in [4.69, 9.17) is 0 Å². The second-order valence-electron chi connectivity index (χ2n) is 4.28. The van der Waals surface area contributed by atoms with Gasteiger partial charge in [-0.15, -0.1) is 0 Å². The summed E-state index contributed by atoms with van der Waals surface area (Å²) in [6, 6.07) is 11.3. The molecule has 4 nitrogen and oxygen atoms in total. The summed E-state index contributed by atoms with van der Waals surface area (Å²) < 4.78 is 0. The van der Waals surface area contributed by atoms with Crippen molar-refractivity contribution >= 4 is 17.3 Å². The molecule has 2 N–H and O–H groups in total. The quantitative estimate of drug-likeness (QED) is 0.882. The van der Waals surface area contributed by atoms with E-state index in [1.807, 2.05) is 44.2 Å². The Balaban J connectivity index is 2.13. The van der Waals surface area contributed by atoms with Crippen LogP contribution in [-0.2, 0) is 0 Å². The van der Waals surface area contributed by atoms with Crippen LogP contribution in [0.15, 0.2) is 42.6 Å². The molecule has 98 valence electrons. The normalized spacial score (nSPS) is 10.0. The fraction of sp³-hybridized carbons (Fsp3) is 0.200. The molecule has 0 saturated heterocycles. The standard InChI is InChI=1S/C15H17N3O/c1-3-16-12-7-8-17-14(10-12)15(19)18-13-6-4-5-11(2)9-13/h4-10H,3H2,1-2H3,(H,16,17)(H,18,19). The van der Waals surface area contributed by atoms with Gasteiger partial charge in [-0.05, 0) is 43.7 Å². The Labute approximate surface area is 112 Å². The highest BCUT2D eigenvalue weighted by atomic mass is 16.1. The van der Waals surface area contributed by atoms with Gasteiger partial charge in [-0.1, -0.05) is 12.1 Å². The van der Waals surface area contributed by atoms with Crippen LogP contribution >= 0.6 is 0 Å². The highest BCUT2D eigenvalue weighted by molar-refractivity contribution is 6.03. The fourth-order valence-corrected chi connectivity index (χ4v) is 1.79. The number of hydrogen-bond donors (Lipinski definition) is 2. The van der Waals surface area contributed by atoms with Gasteiger partial charge in [0.05, 0.1) is 0 Å². The average molecular weight is 255 g/mol. The number of hydrogen-bond acceptors (Lipinski definition) is 3. The Kier molecular flexibility index (Phi) is 4.13. The number of amides is 1. The van der Waals surface area contributed by atoms with Crippen molar-refractivity contribution in [2.24, 2.45) is 0 Å². The van der Waals surface area contributed by atoms with E-state index in [-0.39, 0.29) is 5.91 Å². The summed E-state index contributed by atoms with van der Waals surface area (Å²) in [6.45, 7) is 4.80. The number of aryl methyl sites for hydroxylation is 1. The highest BCUT2D eigenvalue weighted by Gasteiger charge is 2.08. The van der Waals surface area contributed by atoms with E-state index < -0.39 is 0 Å². The summed E-state index contributed by atoms with van der Waals surface area (Å²) in [7, 11) is 0. The summed E-state index contributed by atoms with van der Waals surface area (Å²) in [6.07, 6.45) is 1.63. The zero-order valence-corrected chi connectivity index (χ0v) is 11.1. The second kappa shape index (κ2) is 6.00. The number of nitrogens with zero attached hydrogens (tertiary/aromatic N) is 1. The van der Waals surface area contributed by atoms with Crippen LogP contribution in [0.25, 0.3) is 0 Å². The molecule has 0 aliphatic heterocycles. The van der Waals surface area contributed by atoms with Gasteiger partial charge in [-0.25, -0.2) is 0 Å². The molecule has 1 heterocycles. The minimum Gasteiger partial charge on any atom is -0.385 e. The number of carbonyl (C=O) groups excluding carboxylic acids is 1. The molecule has 0 radical (unpaired) electrons. The average Bonchev–Trinajstić information content (AvgIpc) is 2.39. The van der Waals surface area contributed by atoms with Gasteiger partial charge in [-0.3, -0.25) is 9.78 Å². The van der Waals surface area contributed by atoms with Crippen molar-refractivity contribution in [1.82, 2.24) is 4.98 Å². The molecule has 19 heavy (non-hydrogen) atoms. The Morgan fingerprint density at radius 1 is 1.21 bits per heavy atom. The monoisotopic (exact) mass is 255 g/mol. The van der Waals surface area contributed by atoms with E-state index in [1.165, 1.54) is 0 Å². The molecule has 1 aromatic heterocycles. The van der Waals surface area contributed by atoms with Gasteiger partial charge < -0.3 is 10.6 Å². The molecule has 0 saturated carbocycles. The molecule has 2 aromatic rings. The number of rotatable bonds is 4. The Morgan fingerprint density at radius 2 is 2.05 bits per heavy atom. The number of nitrogens with one attached hydrogen (secondary N) is 2. The lowest BCUT2D eigenvalue weighted by atomic mass is 10.2. The highest BCUT2D eigenvalue weighted by Crippen LogP contribution is 2.12. The van der Waals surface area contributed by atoms with Crippen LogP contribution in [0.1, 0.15) is 23.0 Å². The van der Waals surface area contributed by atoms with Crippen molar-refractivity contribution in [3.8, 4) is 0 Å². The maximum Gasteiger partial charge on any atom is 0.274 e. The molecule has 0 atom stereocenters. The molecule has 0 aliphatic carbocycles. The van der Waals surface area contributed by atoms with Crippen LogP contribution in [0.2, 0.25) is 0 Å². The summed E-state index contributed by atoms with van der Waals surface area (Å²) in [5.41, 5.74) is 3.18. The minimum absolute atomic E-state index is 0.203. The lowest BCUT2D eigenvalue weighted by Crippen LogP contribution is -2.14. The third-order valence-corrected chi connectivity index (χ3v) is 2.65. The topological polar surface area (TPSA) is 54.0 Å². The van der Waals surface area contributed by atoms with E-state index in [0.717, 1.165) is 23.5 Å². The van der Waals surface area contributed by atoms with Gasteiger partial charge in [0.1, 0.15) is 5.69 Å². The first-order valence-electron chi connectivity index (χ1n) is 6.27. The Hall–Kier alpha value is -2.36. The first kappa shape index (κ1) is 13.1. The summed E-state index contributed by atoms with van der Waals surface area (Å²) in [5.74, 6) is -0.203. The predicted octanol–water partition coefficient (Wildman–Crippen LogP) is 3.07. The number of benzene rings is 1. The van der Waals surface area contributed by atoms with Crippen molar-refractivity contribution in [2.75, 3.05) is 17.2 Å². The fourth-order valence-electron chi connectivity index (χ4n) is 1.79. The van der Waals surface area contributed by atoms with Gasteiger partial charge >= 0.3 is 0 Å². The maximum atomic E-state index is 12.1. The second-order valence-corrected chi connectivity index (χ2v) is 4.28. The molecule has 2 rings (SSSR count). The van der Waals surface area contributed by atoms with Gasteiger partial charge in [0.2, 0.25) is 0 Å². The molecule has 4 heteroatoms. The molecule has 0 aliphatic rings. The van der Waals surface area contributed by atoms with Crippen molar-refractivity contribution < 1.29 is 4.79 Å². The van der Waals surface area contributed by atoms with Crippen LogP contribution in [0.3, 0.4) is 0 Å². The van der Waals surface area contributed by atoms with Crippen molar-refractivity contribution in [1.29, 1.82) is 0 Å². The number of anilines is 2. The van der Waals surface area contributed by atoms with Crippen LogP contribution in [-0.4, -0.2) is 17.4 Å². The third-order valence-electron chi connectivity index (χ3n) is 2.65. The van der Waals surface area contributed by atoms with Gasteiger partial charge in [0.15, 0.2) is 0 Å². The zero-order chi connectivity index (χ0) is 13.7. The van der Waals surface area contributed by atoms with Crippen LogP contribution < -0.4 is 10.6 Å². The van der Waals surface area contributed by atoms with Crippen molar-refractivity contribution in [3.63, 3.8) is 0 Å². The lowest BCUT2D eigenvalue weighted by Gasteiger charge is -2.07. The largest absolute Gasteiger partial charge is 0.385 e. The number of aromatic nitrogens is 1. The van der Waals surface area contributed by atoms with E-state index in [2.05, 4.69) is 15.6 Å². The summed E-state index contributed by atoms with van der Waals surface area (Å²) in [4.78, 5) is 16.2. The number of pyridine rings is 1. The maximum absolute atomic E-state index is 12.1. The molecular weight excluding hydrogens is 238 g/mol. The van der Waals surface area contributed by atoms with Gasteiger partial charge in [-0.2, -0.15) is 0 Å². The molecule has 0 fully saturated rings. The van der Waals surface area contributed by atoms with E-state index in [9.17, 15) is 4.79 Å². The minimum atomic E-state index is -0.203. The van der Waals surface area contributed by atoms with Crippen LogP contribution in [0.4, 0.5) is 11.4 Å². The summed E-state index contributed by atoms with van der Waals surface area (Å²) in [5, 5.41) is 5.99. The Morgan fingerprint density at radius 3 is 2.79 bits per heavy atom. The van der Waals surface area contributed by atoms with Gasteiger partial charge in [0, 0.05) is 24.1 Å². The molecule has 0 bridgehead atoms. The smallest absolute Gasteiger partial charge is 0.274 e. The van der Waals surface area contributed by atoms with E-state index in [0.29, 0.717) is 5.69 Å². The number of carbonyl (C=O) groups is 1.